The van der Waals surface area contributed by atoms with Crippen molar-refractivity contribution in [2.24, 2.45) is 0 Å². The number of carbonyl (C=O) groups is 1. The summed E-state index contributed by atoms with van der Waals surface area (Å²) >= 11 is 1.19. The van der Waals surface area contributed by atoms with Crippen LogP contribution in [0.3, 0.4) is 0 Å². The standard InChI is InChI=1S/C13H15F2N3O2S/c1-2-5-20-11(19)9-6-21-12(17-9)18-4-3-8-10(18)13(14,15)7-16-8/h2,6,8,10,16H,1,3-5,7H2/t8-,10+/m0/s1. The Hall–Kier alpha value is -1.54. The predicted molar refractivity (Wildman–Crippen MR) is 75.1 cm³/mol. The van der Waals surface area contributed by atoms with E-state index >= 15 is 0 Å². The van der Waals surface area contributed by atoms with Crippen molar-refractivity contribution in [1.29, 1.82) is 0 Å². The lowest BCUT2D eigenvalue weighted by molar-refractivity contribution is 0.00620. The molecule has 0 radical (unpaired) electrons. The summed E-state index contributed by atoms with van der Waals surface area (Å²) in [5, 5.41) is 4.83. The van der Waals surface area contributed by atoms with E-state index in [-0.39, 0.29) is 24.9 Å². The van der Waals surface area contributed by atoms with Gasteiger partial charge in [-0.25, -0.2) is 18.6 Å². The fourth-order valence-corrected chi connectivity index (χ4v) is 3.67. The molecule has 3 rings (SSSR count). The molecule has 0 amide bonds. The van der Waals surface area contributed by atoms with Gasteiger partial charge in [-0.1, -0.05) is 12.7 Å². The van der Waals surface area contributed by atoms with Crippen LogP contribution in [0.1, 0.15) is 16.9 Å². The van der Waals surface area contributed by atoms with Crippen molar-refractivity contribution < 1.29 is 18.3 Å². The van der Waals surface area contributed by atoms with Crippen LogP contribution >= 0.6 is 11.3 Å². The van der Waals surface area contributed by atoms with E-state index in [9.17, 15) is 13.6 Å². The number of rotatable bonds is 4. The fourth-order valence-electron chi connectivity index (χ4n) is 2.81. The number of esters is 1. The number of hydrogen-bond donors (Lipinski definition) is 1. The van der Waals surface area contributed by atoms with Crippen LogP contribution in [0.4, 0.5) is 13.9 Å². The SMILES string of the molecule is C=CCOC(=O)c1csc(N2CC[C@@H]3NCC(F)(F)[C@@H]32)n1. The maximum absolute atomic E-state index is 13.9. The Morgan fingerprint density at radius 1 is 1.71 bits per heavy atom. The molecule has 3 heterocycles. The van der Waals surface area contributed by atoms with E-state index in [0.29, 0.717) is 18.1 Å². The summed E-state index contributed by atoms with van der Waals surface area (Å²) in [6.07, 6.45) is 2.11. The molecule has 2 atom stereocenters. The van der Waals surface area contributed by atoms with Crippen LogP contribution in [0.2, 0.25) is 0 Å². The first-order valence-electron chi connectivity index (χ1n) is 6.64. The maximum atomic E-state index is 13.9. The summed E-state index contributed by atoms with van der Waals surface area (Å²) in [5.41, 5.74) is 0.148. The van der Waals surface area contributed by atoms with Crippen LogP contribution in [0.15, 0.2) is 18.0 Å². The topological polar surface area (TPSA) is 54.5 Å². The van der Waals surface area contributed by atoms with Crippen LogP contribution in [0.5, 0.6) is 0 Å². The first kappa shape index (κ1) is 14.4. The van der Waals surface area contributed by atoms with Gasteiger partial charge in [-0.3, -0.25) is 0 Å². The summed E-state index contributed by atoms with van der Waals surface area (Å²) in [6.45, 7) is 3.75. The monoisotopic (exact) mass is 315 g/mol. The fraction of sp³-hybridized carbons (Fsp3) is 0.538. The predicted octanol–water partition coefficient (Wildman–Crippen LogP) is 1.67. The molecule has 1 aromatic rings. The van der Waals surface area contributed by atoms with E-state index in [4.69, 9.17) is 4.74 Å². The second-order valence-electron chi connectivity index (χ2n) is 5.08. The van der Waals surface area contributed by atoms with Crippen LogP contribution in [-0.4, -0.2) is 48.7 Å². The van der Waals surface area contributed by atoms with Gasteiger partial charge in [0.2, 0.25) is 0 Å². The molecule has 2 aliphatic rings. The Morgan fingerprint density at radius 2 is 2.52 bits per heavy atom. The molecular formula is C13H15F2N3O2S. The molecule has 21 heavy (non-hydrogen) atoms. The summed E-state index contributed by atoms with van der Waals surface area (Å²) in [4.78, 5) is 17.4. The number of halogens is 2. The number of aromatic nitrogens is 1. The third kappa shape index (κ3) is 2.53. The van der Waals surface area contributed by atoms with Crippen molar-refractivity contribution in [3.8, 4) is 0 Å². The second kappa shape index (κ2) is 5.34. The number of anilines is 1. The number of alkyl halides is 2. The Kier molecular flexibility index (Phi) is 3.66. The van der Waals surface area contributed by atoms with Gasteiger partial charge in [-0.2, -0.15) is 0 Å². The van der Waals surface area contributed by atoms with Crippen molar-refractivity contribution in [3.63, 3.8) is 0 Å². The highest BCUT2D eigenvalue weighted by molar-refractivity contribution is 7.13. The van der Waals surface area contributed by atoms with Crippen molar-refractivity contribution in [2.75, 3.05) is 24.6 Å². The number of carbonyl (C=O) groups excluding carboxylic acids is 1. The second-order valence-corrected chi connectivity index (χ2v) is 5.91. The number of hydrogen-bond acceptors (Lipinski definition) is 6. The average molecular weight is 315 g/mol. The van der Waals surface area contributed by atoms with Gasteiger partial charge >= 0.3 is 5.97 Å². The Balaban J connectivity index is 1.77. The number of fused-ring (bicyclic) bond motifs is 1. The molecule has 0 aliphatic carbocycles. The molecule has 5 nitrogen and oxygen atoms in total. The van der Waals surface area contributed by atoms with Gasteiger partial charge in [-0.05, 0) is 6.42 Å². The van der Waals surface area contributed by atoms with E-state index < -0.39 is 17.9 Å². The van der Waals surface area contributed by atoms with E-state index in [1.165, 1.54) is 22.8 Å². The molecule has 0 unspecified atom stereocenters. The van der Waals surface area contributed by atoms with Gasteiger partial charge in [0.05, 0.1) is 6.54 Å². The molecule has 2 fully saturated rings. The summed E-state index contributed by atoms with van der Waals surface area (Å²) < 4.78 is 32.8. The van der Waals surface area contributed by atoms with E-state index in [0.717, 1.165) is 0 Å². The van der Waals surface area contributed by atoms with Crippen LogP contribution in [0, 0.1) is 0 Å². The lowest BCUT2D eigenvalue weighted by Gasteiger charge is -2.27. The van der Waals surface area contributed by atoms with Crippen LogP contribution in [0.25, 0.3) is 0 Å². The zero-order chi connectivity index (χ0) is 15.0. The largest absolute Gasteiger partial charge is 0.457 e. The van der Waals surface area contributed by atoms with Gasteiger partial charge in [0.1, 0.15) is 12.6 Å². The molecule has 8 heteroatoms. The average Bonchev–Trinajstić information content (AvgIpc) is 3.13. The minimum Gasteiger partial charge on any atom is -0.457 e. The Labute approximate surface area is 124 Å². The summed E-state index contributed by atoms with van der Waals surface area (Å²) in [6, 6.07) is -1.11. The molecule has 1 N–H and O–H groups in total. The number of ether oxygens (including phenoxy) is 1. The van der Waals surface area contributed by atoms with Gasteiger partial charge in [0.25, 0.3) is 5.92 Å². The van der Waals surface area contributed by atoms with Crippen LogP contribution in [-0.2, 0) is 4.74 Å². The zero-order valence-corrected chi connectivity index (χ0v) is 12.0. The highest BCUT2D eigenvalue weighted by Gasteiger charge is 2.56. The lowest BCUT2D eigenvalue weighted by Crippen LogP contribution is -2.45. The van der Waals surface area contributed by atoms with Crippen molar-refractivity contribution >= 4 is 22.4 Å². The zero-order valence-electron chi connectivity index (χ0n) is 11.2. The van der Waals surface area contributed by atoms with Crippen molar-refractivity contribution in [3.05, 3.63) is 23.7 Å². The first-order valence-corrected chi connectivity index (χ1v) is 7.52. The molecule has 0 saturated carbocycles. The number of nitrogens with one attached hydrogen (secondary N) is 1. The molecule has 114 valence electrons. The quantitative estimate of drug-likeness (QED) is 0.677. The molecular weight excluding hydrogens is 300 g/mol. The van der Waals surface area contributed by atoms with Crippen LogP contribution < -0.4 is 10.2 Å². The van der Waals surface area contributed by atoms with Crippen molar-refractivity contribution in [2.45, 2.75) is 24.4 Å². The van der Waals surface area contributed by atoms with Gasteiger partial charge < -0.3 is 15.0 Å². The minimum absolute atomic E-state index is 0.0993. The Morgan fingerprint density at radius 3 is 3.29 bits per heavy atom. The minimum atomic E-state index is -2.78. The Bertz CT molecular complexity index is 563. The summed E-state index contributed by atoms with van der Waals surface area (Å²) in [7, 11) is 0. The lowest BCUT2D eigenvalue weighted by atomic mass is 10.1. The van der Waals surface area contributed by atoms with E-state index in [2.05, 4.69) is 16.9 Å². The smallest absolute Gasteiger partial charge is 0.358 e. The molecule has 2 saturated heterocycles. The highest BCUT2D eigenvalue weighted by Crippen LogP contribution is 2.39. The van der Waals surface area contributed by atoms with Gasteiger partial charge in [0, 0.05) is 18.0 Å². The van der Waals surface area contributed by atoms with Crippen molar-refractivity contribution in [1.82, 2.24) is 10.3 Å². The third-order valence-corrected chi connectivity index (χ3v) is 4.59. The van der Waals surface area contributed by atoms with E-state index in [1.807, 2.05) is 0 Å². The summed E-state index contributed by atoms with van der Waals surface area (Å²) in [5.74, 6) is -3.35. The molecule has 0 spiro atoms. The molecule has 2 aliphatic heterocycles. The maximum Gasteiger partial charge on any atom is 0.358 e. The molecule has 1 aromatic heterocycles. The van der Waals surface area contributed by atoms with Gasteiger partial charge in [0.15, 0.2) is 10.8 Å². The third-order valence-electron chi connectivity index (χ3n) is 3.71. The first-order chi connectivity index (χ1) is 10.0. The molecule has 0 bridgehead atoms. The number of nitrogens with zero attached hydrogens (tertiary/aromatic N) is 2. The van der Waals surface area contributed by atoms with Gasteiger partial charge in [-0.15, -0.1) is 11.3 Å². The van der Waals surface area contributed by atoms with E-state index in [1.54, 1.807) is 4.90 Å². The molecule has 0 aromatic carbocycles. The number of thiazole rings is 1. The highest BCUT2D eigenvalue weighted by atomic mass is 32.1. The normalized spacial score (nSPS) is 26.7.